The summed E-state index contributed by atoms with van der Waals surface area (Å²) in [4.78, 5) is 0. The third-order valence-corrected chi connectivity index (χ3v) is 2.08. The fourth-order valence-electron chi connectivity index (χ4n) is 1.36. The number of hydrogen-bond acceptors (Lipinski definition) is 1. The Morgan fingerprint density at radius 1 is 1.56 bits per heavy atom. The van der Waals surface area contributed by atoms with E-state index in [0.717, 1.165) is 12.5 Å². The van der Waals surface area contributed by atoms with Crippen molar-refractivity contribution in [2.24, 2.45) is 5.92 Å². The predicted octanol–water partition coefficient (Wildman–Crippen LogP) is 2.21. The van der Waals surface area contributed by atoms with Gasteiger partial charge in [0, 0.05) is 6.61 Å². The quantitative estimate of drug-likeness (QED) is 0.526. The van der Waals surface area contributed by atoms with E-state index in [1.165, 1.54) is 19.3 Å². The molecule has 0 aromatic carbocycles. The third kappa shape index (κ3) is 1.98. The molecule has 0 bridgehead atoms. The Bertz CT molecular complexity index is 80.6. The summed E-state index contributed by atoms with van der Waals surface area (Å²) < 4.78 is 5.50. The van der Waals surface area contributed by atoms with Crippen molar-refractivity contribution in [2.45, 2.75) is 39.2 Å². The molecule has 0 saturated carbocycles. The first kappa shape index (κ1) is 7.07. The molecule has 2 atom stereocenters. The minimum atomic E-state index is 0.564. The van der Waals surface area contributed by atoms with E-state index in [2.05, 4.69) is 13.8 Å². The van der Waals surface area contributed by atoms with Gasteiger partial charge in [0.05, 0.1) is 6.10 Å². The molecule has 0 aromatic rings. The van der Waals surface area contributed by atoms with Crippen LogP contribution < -0.4 is 0 Å². The fraction of sp³-hybridized carbons (Fsp3) is 1.00. The Kier molecular flexibility index (Phi) is 2.52. The van der Waals surface area contributed by atoms with Crippen LogP contribution in [0.3, 0.4) is 0 Å². The molecule has 0 amide bonds. The Morgan fingerprint density at radius 3 is 2.78 bits per heavy atom. The molecule has 0 aromatic heterocycles. The van der Waals surface area contributed by atoms with Gasteiger partial charge in [0.1, 0.15) is 0 Å². The van der Waals surface area contributed by atoms with Crippen molar-refractivity contribution in [2.75, 3.05) is 6.61 Å². The molecule has 1 unspecified atom stereocenters. The second kappa shape index (κ2) is 3.21. The average Bonchev–Trinajstić information content (AvgIpc) is 1.88. The maximum absolute atomic E-state index is 5.50. The van der Waals surface area contributed by atoms with Crippen molar-refractivity contribution < 1.29 is 4.74 Å². The van der Waals surface area contributed by atoms with E-state index in [1.807, 2.05) is 0 Å². The molecule has 1 aliphatic heterocycles. The largest absolute Gasteiger partial charge is 0.378 e. The highest BCUT2D eigenvalue weighted by Crippen LogP contribution is 2.20. The first-order valence-corrected chi connectivity index (χ1v) is 3.94. The van der Waals surface area contributed by atoms with Crippen LogP contribution in [0.2, 0.25) is 0 Å². The van der Waals surface area contributed by atoms with Gasteiger partial charge in [-0.2, -0.15) is 0 Å². The smallest absolute Gasteiger partial charge is 0.0575 e. The van der Waals surface area contributed by atoms with Crippen LogP contribution in [-0.4, -0.2) is 12.7 Å². The Morgan fingerprint density at radius 2 is 2.33 bits per heavy atom. The lowest BCUT2D eigenvalue weighted by atomic mass is 9.97. The molecule has 1 nitrogen and oxygen atoms in total. The molecule has 54 valence electrons. The van der Waals surface area contributed by atoms with Crippen molar-refractivity contribution in [3.8, 4) is 0 Å². The first-order chi connectivity index (χ1) is 4.33. The van der Waals surface area contributed by atoms with Gasteiger partial charge in [0.25, 0.3) is 0 Å². The van der Waals surface area contributed by atoms with E-state index in [4.69, 9.17) is 4.74 Å². The van der Waals surface area contributed by atoms with Crippen molar-refractivity contribution in [1.82, 2.24) is 0 Å². The molecule has 1 rings (SSSR count). The van der Waals surface area contributed by atoms with Gasteiger partial charge in [-0.15, -0.1) is 0 Å². The van der Waals surface area contributed by atoms with Gasteiger partial charge in [-0.25, -0.2) is 0 Å². The highest BCUT2D eigenvalue weighted by molar-refractivity contribution is 4.66. The molecule has 0 aliphatic carbocycles. The summed E-state index contributed by atoms with van der Waals surface area (Å²) >= 11 is 0. The lowest BCUT2D eigenvalue weighted by Gasteiger charge is -2.26. The minimum Gasteiger partial charge on any atom is -0.378 e. The molecular weight excluding hydrogens is 112 g/mol. The van der Waals surface area contributed by atoms with Gasteiger partial charge in [-0.05, 0) is 25.2 Å². The van der Waals surface area contributed by atoms with E-state index in [0.29, 0.717) is 6.10 Å². The van der Waals surface area contributed by atoms with E-state index in [9.17, 15) is 0 Å². The summed E-state index contributed by atoms with van der Waals surface area (Å²) in [5, 5.41) is 0. The summed E-state index contributed by atoms with van der Waals surface area (Å²) in [6, 6.07) is 0. The normalized spacial score (nSPS) is 36.7. The van der Waals surface area contributed by atoms with Crippen molar-refractivity contribution in [1.29, 1.82) is 0 Å². The zero-order valence-corrected chi connectivity index (χ0v) is 6.39. The Hall–Kier alpha value is -0.0400. The van der Waals surface area contributed by atoms with Crippen molar-refractivity contribution in [3.63, 3.8) is 0 Å². The summed E-state index contributed by atoms with van der Waals surface area (Å²) in [6.45, 7) is 5.49. The lowest BCUT2D eigenvalue weighted by molar-refractivity contribution is -0.00644. The average molecular weight is 128 g/mol. The van der Waals surface area contributed by atoms with Crippen molar-refractivity contribution in [3.05, 3.63) is 0 Å². The first-order valence-electron chi connectivity index (χ1n) is 3.94. The molecule has 9 heavy (non-hydrogen) atoms. The zero-order chi connectivity index (χ0) is 6.69. The highest BCUT2D eigenvalue weighted by Gasteiger charge is 2.16. The Balaban J connectivity index is 2.23. The number of rotatable bonds is 1. The van der Waals surface area contributed by atoms with Gasteiger partial charge in [0.15, 0.2) is 0 Å². The molecule has 1 saturated heterocycles. The molecule has 1 heterocycles. The summed E-state index contributed by atoms with van der Waals surface area (Å²) in [5.74, 6) is 0.892. The summed E-state index contributed by atoms with van der Waals surface area (Å²) in [6.07, 6.45) is 4.28. The van der Waals surface area contributed by atoms with Crippen LogP contribution in [0.5, 0.6) is 0 Å². The van der Waals surface area contributed by atoms with Gasteiger partial charge in [0.2, 0.25) is 0 Å². The lowest BCUT2D eigenvalue weighted by Crippen LogP contribution is -2.23. The molecular formula is C8H16O. The SMILES string of the molecule is CCC1C[C@H](C)CCO1. The zero-order valence-electron chi connectivity index (χ0n) is 6.39. The van der Waals surface area contributed by atoms with Crippen LogP contribution in [0.4, 0.5) is 0 Å². The van der Waals surface area contributed by atoms with Gasteiger partial charge >= 0.3 is 0 Å². The van der Waals surface area contributed by atoms with Crippen LogP contribution in [0, 0.1) is 5.92 Å². The van der Waals surface area contributed by atoms with Gasteiger partial charge in [-0.1, -0.05) is 13.8 Å². The van der Waals surface area contributed by atoms with Crippen molar-refractivity contribution >= 4 is 0 Å². The van der Waals surface area contributed by atoms with Crippen LogP contribution in [0.25, 0.3) is 0 Å². The fourth-order valence-corrected chi connectivity index (χ4v) is 1.36. The minimum absolute atomic E-state index is 0.564. The maximum Gasteiger partial charge on any atom is 0.0575 e. The molecule has 0 spiro atoms. The molecule has 0 N–H and O–H groups in total. The van der Waals surface area contributed by atoms with Crippen LogP contribution in [-0.2, 0) is 4.74 Å². The van der Waals surface area contributed by atoms with Gasteiger partial charge in [-0.3, -0.25) is 0 Å². The van der Waals surface area contributed by atoms with E-state index in [1.54, 1.807) is 0 Å². The third-order valence-electron chi connectivity index (χ3n) is 2.08. The number of ether oxygens (including phenoxy) is 1. The monoisotopic (exact) mass is 128 g/mol. The molecule has 1 heteroatoms. The van der Waals surface area contributed by atoms with E-state index < -0.39 is 0 Å². The highest BCUT2D eigenvalue weighted by atomic mass is 16.5. The molecule has 0 radical (unpaired) electrons. The summed E-state index contributed by atoms with van der Waals surface area (Å²) in [7, 11) is 0. The standard InChI is InChI=1S/C8H16O/c1-3-8-6-7(2)4-5-9-8/h7-8H,3-6H2,1-2H3/t7-,8?/m1/s1. The van der Waals surface area contributed by atoms with Crippen LogP contribution in [0.15, 0.2) is 0 Å². The number of hydrogen-bond donors (Lipinski definition) is 0. The molecule has 1 aliphatic rings. The predicted molar refractivity (Wildman–Crippen MR) is 38.4 cm³/mol. The maximum atomic E-state index is 5.50. The summed E-state index contributed by atoms with van der Waals surface area (Å²) in [5.41, 5.74) is 0. The van der Waals surface area contributed by atoms with Crippen LogP contribution in [0.1, 0.15) is 33.1 Å². The second-order valence-electron chi connectivity index (χ2n) is 3.03. The Labute approximate surface area is 57.4 Å². The molecule has 1 fully saturated rings. The topological polar surface area (TPSA) is 9.23 Å². The second-order valence-corrected chi connectivity index (χ2v) is 3.03. The van der Waals surface area contributed by atoms with Gasteiger partial charge < -0.3 is 4.74 Å². The van der Waals surface area contributed by atoms with Crippen LogP contribution >= 0.6 is 0 Å². The van der Waals surface area contributed by atoms with E-state index in [-0.39, 0.29) is 0 Å². The van der Waals surface area contributed by atoms with E-state index >= 15 is 0 Å².